The number of guanidine groups is 1. The Labute approximate surface area is 143 Å². The lowest BCUT2D eigenvalue weighted by molar-refractivity contribution is -0.127. The Morgan fingerprint density at radius 3 is 2.83 bits per heavy atom. The Balaban J connectivity index is 1.99. The maximum absolute atomic E-state index is 11.8. The molecular formula is C16H30N4O2S. The molecule has 1 aliphatic heterocycles. The first-order chi connectivity index (χ1) is 10.9. The number of fused-ring (bicyclic) bond motifs is 1. The van der Waals surface area contributed by atoms with Crippen LogP contribution in [0.3, 0.4) is 0 Å². The third-order valence-corrected chi connectivity index (χ3v) is 5.47. The third-order valence-electron chi connectivity index (χ3n) is 4.86. The van der Waals surface area contributed by atoms with Crippen LogP contribution in [0.5, 0.6) is 0 Å². The minimum Gasteiger partial charge on any atom is -0.377 e. The Hall–Kier alpha value is -0.950. The van der Waals surface area contributed by atoms with Gasteiger partial charge in [-0.25, -0.2) is 4.99 Å². The van der Waals surface area contributed by atoms with Crippen LogP contribution >= 0.6 is 11.8 Å². The van der Waals surface area contributed by atoms with Gasteiger partial charge in [-0.05, 0) is 12.7 Å². The van der Waals surface area contributed by atoms with E-state index in [0.29, 0.717) is 18.1 Å². The molecule has 23 heavy (non-hydrogen) atoms. The van der Waals surface area contributed by atoms with Crippen LogP contribution in [0.1, 0.15) is 20.3 Å². The second kappa shape index (κ2) is 7.75. The van der Waals surface area contributed by atoms with Gasteiger partial charge in [0.1, 0.15) is 6.54 Å². The van der Waals surface area contributed by atoms with Crippen LogP contribution in [0.25, 0.3) is 0 Å². The first-order valence-corrected chi connectivity index (χ1v) is 9.63. The fraction of sp³-hybridized carbons (Fsp3) is 0.875. The zero-order chi connectivity index (χ0) is 17.0. The van der Waals surface area contributed by atoms with E-state index in [1.807, 2.05) is 0 Å². The lowest BCUT2D eigenvalue weighted by Crippen LogP contribution is -2.68. The van der Waals surface area contributed by atoms with Gasteiger partial charge in [-0.2, -0.15) is 11.8 Å². The molecule has 0 spiro atoms. The van der Waals surface area contributed by atoms with Gasteiger partial charge in [0.05, 0.1) is 6.10 Å². The molecule has 2 fully saturated rings. The summed E-state index contributed by atoms with van der Waals surface area (Å²) >= 11 is 1.79. The summed E-state index contributed by atoms with van der Waals surface area (Å²) in [5, 5.41) is 6.89. The number of likely N-dealkylation sites (N-methyl/N-ethyl adjacent to an activating group) is 1. The number of hydrogen-bond donors (Lipinski definition) is 2. The largest absolute Gasteiger partial charge is 0.377 e. The number of rotatable bonds is 6. The van der Waals surface area contributed by atoms with E-state index in [1.54, 1.807) is 30.8 Å². The molecule has 1 saturated heterocycles. The summed E-state index contributed by atoms with van der Waals surface area (Å²) in [5.41, 5.74) is 0.0919. The molecule has 132 valence electrons. The predicted molar refractivity (Wildman–Crippen MR) is 95.9 cm³/mol. The van der Waals surface area contributed by atoms with Crippen LogP contribution in [0, 0.1) is 11.3 Å². The molecule has 6 nitrogen and oxygen atoms in total. The topological polar surface area (TPSA) is 66.0 Å². The maximum Gasteiger partial charge on any atom is 0.243 e. The summed E-state index contributed by atoms with van der Waals surface area (Å²) in [6.45, 7) is 6.33. The Morgan fingerprint density at radius 1 is 1.43 bits per heavy atom. The van der Waals surface area contributed by atoms with Gasteiger partial charge in [0.15, 0.2) is 5.96 Å². The van der Waals surface area contributed by atoms with E-state index in [2.05, 4.69) is 35.7 Å². The Kier molecular flexibility index (Phi) is 6.19. The summed E-state index contributed by atoms with van der Waals surface area (Å²) in [4.78, 5) is 17.8. The number of hydrogen-bond acceptors (Lipinski definition) is 4. The molecule has 3 unspecified atom stereocenters. The van der Waals surface area contributed by atoms with Crippen LogP contribution in [0.4, 0.5) is 0 Å². The summed E-state index contributed by atoms with van der Waals surface area (Å²) < 4.78 is 5.84. The highest BCUT2D eigenvalue weighted by molar-refractivity contribution is 7.98. The normalized spacial score (nSPS) is 28.7. The van der Waals surface area contributed by atoms with Crippen molar-refractivity contribution in [2.24, 2.45) is 16.3 Å². The first-order valence-electron chi connectivity index (χ1n) is 8.23. The molecule has 0 radical (unpaired) electrons. The second-order valence-electron chi connectivity index (χ2n) is 7.06. The zero-order valence-electron chi connectivity index (χ0n) is 14.9. The molecule has 7 heteroatoms. The Morgan fingerprint density at radius 2 is 2.17 bits per heavy atom. The van der Waals surface area contributed by atoms with E-state index in [4.69, 9.17) is 4.74 Å². The van der Waals surface area contributed by atoms with Gasteiger partial charge in [0, 0.05) is 50.4 Å². The van der Waals surface area contributed by atoms with E-state index < -0.39 is 0 Å². The lowest BCUT2D eigenvalue weighted by atomic mass is 9.57. The van der Waals surface area contributed by atoms with Crippen LogP contribution < -0.4 is 10.6 Å². The number of ether oxygens (including phenoxy) is 1. The van der Waals surface area contributed by atoms with Gasteiger partial charge in [0.2, 0.25) is 5.91 Å². The molecule has 3 atom stereocenters. The van der Waals surface area contributed by atoms with E-state index in [0.717, 1.165) is 31.3 Å². The van der Waals surface area contributed by atoms with Crippen molar-refractivity contribution in [1.82, 2.24) is 15.5 Å². The van der Waals surface area contributed by atoms with Crippen molar-refractivity contribution >= 4 is 23.6 Å². The van der Waals surface area contributed by atoms with Crippen LogP contribution in [0.2, 0.25) is 0 Å². The van der Waals surface area contributed by atoms with E-state index >= 15 is 0 Å². The van der Waals surface area contributed by atoms with Crippen molar-refractivity contribution < 1.29 is 9.53 Å². The van der Waals surface area contributed by atoms with Crippen molar-refractivity contribution in [2.45, 2.75) is 32.4 Å². The van der Waals surface area contributed by atoms with Gasteiger partial charge in [-0.15, -0.1) is 0 Å². The molecule has 0 aromatic carbocycles. The average Bonchev–Trinajstić information content (AvgIpc) is 2.95. The van der Waals surface area contributed by atoms with Gasteiger partial charge in [0.25, 0.3) is 0 Å². The van der Waals surface area contributed by atoms with Crippen molar-refractivity contribution in [3.63, 3.8) is 0 Å². The molecule has 2 aliphatic rings. The zero-order valence-corrected chi connectivity index (χ0v) is 15.7. The van der Waals surface area contributed by atoms with Crippen molar-refractivity contribution in [2.75, 3.05) is 45.8 Å². The SMILES string of the molecule is CSCCNC(=NCC(=O)N(C)C)NC1C2CCOC2C1(C)C. The van der Waals surface area contributed by atoms with Gasteiger partial charge in [-0.1, -0.05) is 13.8 Å². The van der Waals surface area contributed by atoms with Crippen LogP contribution in [-0.2, 0) is 9.53 Å². The van der Waals surface area contributed by atoms with E-state index in [-0.39, 0.29) is 17.9 Å². The van der Waals surface area contributed by atoms with Gasteiger partial charge < -0.3 is 20.3 Å². The molecule has 1 amide bonds. The quantitative estimate of drug-likeness (QED) is 0.424. The van der Waals surface area contributed by atoms with E-state index in [1.165, 1.54) is 0 Å². The highest BCUT2D eigenvalue weighted by atomic mass is 32.2. The molecule has 2 N–H and O–H groups in total. The molecule has 2 rings (SSSR count). The summed E-state index contributed by atoms with van der Waals surface area (Å²) in [5.74, 6) is 2.29. The minimum atomic E-state index is 0.00547. The minimum absolute atomic E-state index is 0.00547. The van der Waals surface area contributed by atoms with Gasteiger partial charge >= 0.3 is 0 Å². The highest BCUT2D eigenvalue weighted by Gasteiger charge is 2.59. The highest BCUT2D eigenvalue weighted by Crippen LogP contribution is 2.52. The first kappa shape index (κ1) is 18.4. The summed E-state index contributed by atoms with van der Waals surface area (Å²) in [6.07, 6.45) is 3.52. The number of carbonyl (C=O) groups is 1. The lowest BCUT2D eigenvalue weighted by Gasteiger charge is -2.54. The second-order valence-corrected chi connectivity index (χ2v) is 8.05. The monoisotopic (exact) mass is 342 g/mol. The smallest absolute Gasteiger partial charge is 0.243 e. The van der Waals surface area contributed by atoms with Crippen molar-refractivity contribution in [3.05, 3.63) is 0 Å². The number of aliphatic imine (C=N–C) groups is 1. The van der Waals surface area contributed by atoms with E-state index in [9.17, 15) is 4.79 Å². The molecule has 1 aliphatic carbocycles. The fourth-order valence-electron chi connectivity index (χ4n) is 3.48. The van der Waals surface area contributed by atoms with Crippen LogP contribution in [-0.4, -0.2) is 74.7 Å². The Bertz CT molecular complexity index is 453. The number of thioether (sulfide) groups is 1. The number of nitrogens with zero attached hydrogens (tertiary/aromatic N) is 2. The fourth-order valence-corrected chi connectivity index (χ4v) is 3.78. The third kappa shape index (κ3) is 4.12. The molecule has 0 aromatic heterocycles. The maximum atomic E-state index is 11.8. The molecular weight excluding hydrogens is 312 g/mol. The molecule has 0 bridgehead atoms. The average molecular weight is 343 g/mol. The predicted octanol–water partition coefficient (Wildman–Crippen LogP) is 0.786. The molecule has 0 aromatic rings. The number of carbonyl (C=O) groups excluding carboxylic acids is 1. The molecule has 1 saturated carbocycles. The summed E-state index contributed by atoms with van der Waals surface area (Å²) in [7, 11) is 3.50. The number of amides is 1. The van der Waals surface area contributed by atoms with Crippen molar-refractivity contribution in [3.8, 4) is 0 Å². The van der Waals surface area contributed by atoms with Gasteiger partial charge in [-0.3, -0.25) is 4.79 Å². The van der Waals surface area contributed by atoms with Crippen molar-refractivity contribution in [1.29, 1.82) is 0 Å². The standard InChI is InChI=1S/C16H30N4O2S/c1-16(2)13(11-6-8-22-14(11)16)19-15(17-7-9-23-5)18-10-12(21)20(3)4/h11,13-14H,6-10H2,1-5H3,(H2,17,18,19). The van der Waals surface area contributed by atoms with Crippen LogP contribution in [0.15, 0.2) is 4.99 Å². The molecule has 1 heterocycles. The number of nitrogens with one attached hydrogen (secondary N) is 2. The summed E-state index contributed by atoms with van der Waals surface area (Å²) in [6, 6.07) is 0.338.